The van der Waals surface area contributed by atoms with Crippen LogP contribution in [0.3, 0.4) is 0 Å². The molecule has 0 radical (unpaired) electrons. The molecule has 32 heavy (non-hydrogen) atoms. The summed E-state index contributed by atoms with van der Waals surface area (Å²) in [4.78, 5) is 13.1. The van der Waals surface area contributed by atoms with Crippen LogP contribution in [-0.4, -0.2) is 34.1 Å². The van der Waals surface area contributed by atoms with Gasteiger partial charge in [-0.2, -0.15) is 0 Å². The molecule has 0 unspecified atom stereocenters. The average Bonchev–Trinajstić information content (AvgIpc) is 2.81. The molecule has 2 heterocycles. The second kappa shape index (κ2) is 7.87. The minimum Gasteiger partial charge on any atom is -0.486 e. The summed E-state index contributed by atoms with van der Waals surface area (Å²) in [5, 5.41) is 2.77. The first-order chi connectivity index (χ1) is 15.5. The molecule has 2 aliphatic heterocycles. The van der Waals surface area contributed by atoms with Crippen molar-refractivity contribution in [3.8, 4) is 22.6 Å². The zero-order valence-electron chi connectivity index (χ0n) is 17.5. The van der Waals surface area contributed by atoms with Gasteiger partial charge in [-0.1, -0.05) is 31.2 Å². The third kappa shape index (κ3) is 3.46. The molecule has 1 amide bonds. The molecule has 0 aromatic heterocycles. The zero-order chi connectivity index (χ0) is 22.3. The van der Waals surface area contributed by atoms with Crippen LogP contribution in [0.15, 0.2) is 65.6 Å². The van der Waals surface area contributed by atoms with E-state index in [1.165, 1.54) is 4.31 Å². The van der Waals surface area contributed by atoms with E-state index >= 15 is 0 Å². The molecule has 3 aromatic carbocycles. The molecular formula is C24H22N2O5S. The van der Waals surface area contributed by atoms with Gasteiger partial charge in [0, 0.05) is 22.9 Å². The van der Waals surface area contributed by atoms with E-state index < -0.39 is 15.9 Å². The third-order valence-electron chi connectivity index (χ3n) is 5.60. The Bertz CT molecular complexity index is 1320. The summed E-state index contributed by atoms with van der Waals surface area (Å²) in [5.41, 5.74) is 3.57. The van der Waals surface area contributed by atoms with Gasteiger partial charge in [0.25, 0.3) is 10.0 Å². The fourth-order valence-electron chi connectivity index (χ4n) is 4.02. The molecule has 8 heteroatoms. The van der Waals surface area contributed by atoms with Crippen LogP contribution in [0.25, 0.3) is 11.1 Å². The Labute approximate surface area is 186 Å². The van der Waals surface area contributed by atoms with Gasteiger partial charge in [0.1, 0.15) is 19.8 Å². The number of carbonyl (C=O) groups is 1. The number of rotatable bonds is 4. The van der Waals surface area contributed by atoms with E-state index in [0.717, 1.165) is 17.5 Å². The highest BCUT2D eigenvalue weighted by atomic mass is 32.2. The number of hydrogen-bond donors (Lipinski definition) is 1. The first-order valence-electron chi connectivity index (χ1n) is 10.4. The van der Waals surface area contributed by atoms with Crippen molar-refractivity contribution in [1.82, 2.24) is 0 Å². The van der Waals surface area contributed by atoms with Gasteiger partial charge in [0.05, 0.1) is 10.6 Å². The molecule has 1 N–H and O–H groups in total. The predicted molar refractivity (Wildman–Crippen MR) is 122 cm³/mol. The van der Waals surface area contributed by atoms with E-state index in [9.17, 15) is 13.2 Å². The van der Waals surface area contributed by atoms with Crippen molar-refractivity contribution in [2.45, 2.75) is 18.2 Å². The topological polar surface area (TPSA) is 84.9 Å². The van der Waals surface area contributed by atoms with E-state index in [-0.39, 0.29) is 11.4 Å². The van der Waals surface area contributed by atoms with Crippen LogP contribution in [0.2, 0.25) is 0 Å². The molecule has 0 saturated heterocycles. The van der Waals surface area contributed by atoms with Gasteiger partial charge in [0.2, 0.25) is 5.91 Å². The Morgan fingerprint density at radius 2 is 1.75 bits per heavy atom. The van der Waals surface area contributed by atoms with Crippen LogP contribution in [0.4, 0.5) is 11.4 Å². The van der Waals surface area contributed by atoms with E-state index in [1.54, 1.807) is 42.5 Å². The van der Waals surface area contributed by atoms with Gasteiger partial charge in [-0.05, 0) is 42.3 Å². The molecule has 2 aliphatic rings. The molecule has 7 nitrogen and oxygen atoms in total. The Balaban J connectivity index is 1.47. The van der Waals surface area contributed by atoms with Crippen LogP contribution in [-0.2, 0) is 21.2 Å². The summed E-state index contributed by atoms with van der Waals surface area (Å²) in [7, 11) is -3.89. The summed E-state index contributed by atoms with van der Waals surface area (Å²) in [6.07, 6.45) is 0.826. The van der Waals surface area contributed by atoms with Crippen LogP contribution < -0.4 is 19.1 Å². The molecular weight excluding hydrogens is 428 g/mol. The third-order valence-corrected chi connectivity index (χ3v) is 7.41. The van der Waals surface area contributed by atoms with Crippen LogP contribution in [0.5, 0.6) is 11.5 Å². The predicted octanol–water partition coefficient (Wildman–Crippen LogP) is 3.83. The number of amides is 1. The van der Waals surface area contributed by atoms with Gasteiger partial charge in [0.15, 0.2) is 11.5 Å². The van der Waals surface area contributed by atoms with E-state index in [1.807, 2.05) is 25.1 Å². The lowest BCUT2D eigenvalue weighted by Crippen LogP contribution is -2.40. The van der Waals surface area contributed by atoms with Gasteiger partial charge < -0.3 is 14.8 Å². The van der Waals surface area contributed by atoms with Gasteiger partial charge in [-0.25, -0.2) is 8.42 Å². The quantitative estimate of drug-likeness (QED) is 0.653. The summed E-state index contributed by atoms with van der Waals surface area (Å²) in [5.74, 6) is 0.714. The first-order valence-corrected chi connectivity index (χ1v) is 11.9. The summed E-state index contributed by atoms with van der Waals surface area (Å²) in [6.45, 7) is 2.62. The number of carbonyl (C=O) groups excluding carboxylic acids is 1. The molecule has 0 fully saturated rings. The molecule has 5 rings (SSSR count). The van der Waals surface area contributed by atoms with Crippen molar-refractivity contribution < 1.29 is 22.7 Å². The molecule has 3 aromatic rings. The van der Waals surface area contributed by atoms with Crippen molar-refractivity contribution in [1.29, 1.82) is 0 Å². The monoisotopic (exact) mass is 450 g/mol. The maximum atomic E-state index is 13.4. The molecule has 0 spiro atoms. The Morgan fingerprint density at radius 1 is 0.969 bits per heavy atom. The fourth-order valence-corrected chi connectivity index (χ4v) is 5.67. The standard InChI is InChI=1S/C24H22N2O5S/c1-2-16-7-9-20-19(13-16)18-5-3-4-6-23(18)32(28,29)26(20)15-24(27)25-17-8-10-21-22(14-17)31-12-11-30-21/h3-10,13-14H,2,11-12,15H2,1H3,(H,25,27). The Hall–Kier alpha value is -3.52. The lowest BCUT2D eigenvalue weighted by Gasteiger charge is -2.32. The largest absolute Gasteiger partial charge is 0.486 e. The highest BCUT2D eigenvalue weighted by Gasteiger charge is 2.36. The summed E-state index contributed by atoms with van der Waals surface area (Å²) >= 11 is 0. The van der Waals surface area contributed by atoms with Gasteiger partial charge >= 0.3 is 0 Å². The van der Waals surface area contributed by atoms with Crippen molar-refractivity contribution in [3.63, 3.8) is 0 Å². The minimum atomic E-state index is -3.89. The number of aryl methyl sites for hydroxylation is 1. The average molecular weight is 451 g/mol. The highest BCUT2D eigenvalue weighted by Crippen LogP contribution is 2.43. The number of ether oxygens (including phenoxy) is 2. The lowest BCUT2D eigenvalue weighted by molar-refractivity contribution is -0.114. The molecule has 0 saturated carbocycles. The van der Waals surface area contributed by atoms with Crippen molar-refractivity contribution >= 4 is 27.3 Å². The van der Waals surface area contributed by atoms with Crippen LogP contribution in [0.1, 0.15) is 12.5 Å². The van der Waals surface area contributed by atoms with E-state index in [0.29, 0.717) is 41.7 Å². The summed E-state index contributed by atoms with van der Waals surface area (Å²) < 4.78 is 39.1. The molecule has 0 atom stereocenters. The van der Waals surface area contributed by atoms with Crippen LogP contribution >= 0.6 is 0 Å². The normalized spacial score (nSPS) is 15.5. The van der Waals surface area contributed by atoms with Crippen molar-refractivity contribution in [2.75, 3.05) is 29.4 Å². The minimum absolute atomic E-state index is 0.202. The zero-order valence-corrected chi connectivity index (χ0v) is 18.3. The molecule has 0 aliphatic carbocycles. The number of sulfonamides is 1. The maximum Gasteiger partial charge on any atom is 0.265 e. The number of benzene rings is 3. The second-order valence-electron chi connectivity index (χ2n) is 7.62. The van der Waals surface area contributed by atoms with Crippen molar-refractivity contribution in [3.05, 3.63) is 66.2 Å². The number of hydrogen-bond acceptors (Lipinski definition) is 5. The Morgan fingerprint density at radius 3 is 2.56 bits per heavy atom. The number of nitrogens with one attached hydrogen (secondary N) is 1. The van der Waals surface area contributed by atoms with Crippen molar-refractivity contribution in [2.24, 2.45) is 0 Å². The fraction of sp³-hybridized carbons (Fsp3) is 0.208. The highest BCUT2D eigenvalue weighted by molar-refractivity contribution is 7.93. The number of anilines is 2. The Kier molecular flexibility index (Phi) is 5.01. The van der Waals surface area contributed by atoms with Gasteiger partial charge in [-0.3, -0.25) is 9.10 Å². The number of nitrogens with zero attached hydrogens (tertiary/aromatic N) is 1. The molecule has 164 valence electrons. The molecule has 0 bridgehead atoms. The smallest absolute Gasteiger partial charge is 0.265 e. The SMILES string of the molecule is CCc1ccc2c(c1)-c1ccccc1S(=O)(=O)N2CC(=O)Nc1ccc2c(c1)OCCO2. The van der Waals surface area contributed by atoms with E-state index in [4.69, 9.17) is 9.47 Å². The maximum absolute atomic E-state index is 13.4. The second-order valence-corrected chi connectivity index (χ2v) is 9.45. The summed E-state index contributed by atoms with van der Waals surface area (Å²) in [6, 6.07) is 17.7. The number of fused-ring (bicyclic) bond motifs is 4. The van der Waals surface area contributed by atoms with Gasteiger partial charge in [-0.15, -0.1) is 0 Å². The van der Waals surface area contributed by atoms with Crippen LogP contribution in [0, 0.1) is 0 Å². The lowest BCUT2D eigenvalue weighted by atomic mass is 9.99. The van der Waals surface area contributed by atoms with E-state index in [2.05, 4.69) is 5.32 Å². The first kappa shape index (κ1) is 20.4.